The molecular formula is C29H30N2O3. The van der Waals surface area contributed by atoms with Gasteiger partial charge in [0.2, 0.25) is 0 Å². The number of hydrogen-bond acceptors (Lipinski definition) is 4. The van der Waals surface area contributed by atoms with Crippen LogP contribution in [0.2, 0.25) is 0 Å². The molecule has 0 radical (unpaired) electrons. The number of amides is 1. The number of nitrogens with zero attached hydrogens (tertiary/aromatic N) is 1. The van der Waals surface area contributed by atoms with E-state index < -0.39 is 5.91 Å². The number of aryl methyl sites for hydroxylation is 2. The average Bonchev–Trinajstić information content (AvgIpc) is 2.80. The van der Waals surface area contributed by atoms with Gasteiger partial charge in [-0.3, -0.25) is 4.79 Å². The summed E-state index contributed by atoms with van der Waals surface area (Å²) in [5.74, 6) is 1.00. The molecule has 0 atom stereocenters. The number of rotatable bonds is 9. The first kappa shape index (κ1) is 24.6. The molecule has 0 unspecified atom stereocenters. The fourth-order valence-corrected chi connectivity index (χ4v) is 3.80. The highest BCUT2D eigenvalue weighted by atomic mass is 16.5. The highest BCUT2D eigenvalue weighted by Gasteiger charge is 2.12. The van der Waals surface area contributed by atoms with E-state index in [9.17, 15) is 10.1 Å². The third-order valence-corrected chi connectivity index (χ3v) is 5.17. The lowest BCUT2D eigenvalue weighted by atomic mass is 9.98. The Hall–Kier alpha value is -4.04. The van der Waals surface area contributed by atoms with Gasteiger partial charge in [0.25, 0.3) is 5.91 Å². The van der Waals surface area contributed by atoms with Crippen molar-refractivity contribution in [1.29, 1.82) is 5.26 Å². The topological polar surface area (TPSA) is 71.3 Å². The molecule has 34 heavy (non-hydrogen) atoms. The summed E-state index contributed by atoms with van der Waals surface area (Å²) >= 11 is 0. The number of ether oxygens (including phenoxy) is 2. The van der Waals surface area contributed by atoms with Crippen LogP contribution in [-0.4, -0.2) is 19.1 Å². The first-order chi connectivity index (χ1) is 16.4. The maximum atomic E-state index is 12.7. The van der Waals surface area contributed by atoms with E-state index in [1.165, 1.54) is 16.7 Å². The van der Waals surface area contributed by atoms with Crippen LogP contribution in [0.15, 0.2) is 66.2 Å². The second kappa shape index (κ2) is 11.7. The Labute approximate surface area is 201 Å². The Morgan fingerprint density at radius 1 is 0.941 bits per heavy atom. The first-order valence-electron chi connectivity index (χ1n) is 11.4. The fourth-order valence-electron chi connectivity index (χ4n) is 3.80. The second-order valence-corrected chi connectivity index (χ2v) is 8.05. The monoisotopic (exact) mass is 454 g/mol. The number of benzene rings is 3. The SMILES string of the molecule is CCOc1ccc(NC(=O)/C(C#N)=C/c2ccc(Cc3cc(C)cc(C)c3)c(OCC)c2)cc1. The number of anilines is 1. The summed E-state index contributed by atoms with van der Waals surface area (Å²) in [6.45, 7) is 9.13. The maximum Gasteiger partial charge on any atom is 0.266 e. The maximum absolute atomic E-state index is 12.7. The third-order valence-electron chi connectivity index (χ3n) is 5.17. The summed E-state index contributed by atoms with van der Waals surface area (Å²) in [6.07, 6.45) is 2.32. The van der Waals surface area contributed by atoms with Gasteiger partial charge in [0.15, 0.2) is 0 Å². The van der Waals surface area contributed by atoms with Gasteiger partial charge < -0.3 is 14.8 Å². The van der Waals surface area contributed by atoms with Crippen molar-refractivity contribution in [2.24, 2.45) is 0 Å². The van der Waals surface area contributed by atoms with E-state index in [0.29, 0.717) is 18.9 Å². The molecule has 0 saturated carbocycles. The molecular weight excluding hydrogens is 424 g/mol. The molecule has 0 aliphatic carbocycles. The number of nitrogens with one attached hydrogen (secondary N) is 1. The van der Waals surface area contributed by atoms with Crippen molar-refractivity contribution in [2.45, 2.75) is 34.1 Å². The third kappa shape index (κ3) is 6.73. The van der Waals surface area contributed by atoms with Crippen molar-refractivity contribution >= 4 is 17.7 Å². The van der Waals surface area contributed by atoms with Gasteiger partial charge in [0, 0.05) is 12.1 Å². The van der Waals surface area contributed by atoms with Crippen molar-refractivity contribution < 1.29 is 14.3 Å². The van der Waals surface area contributed by atoms with Crippen molar-refractivity contribution in [3.8, 4) is 17.6 Å². The van der Waals surface area contributed by atoms with Gasteiger partial charge in [-0.15, -0.1) is 0 Å². The van der Waals surface area contributed by atoms with Crippen LogP contribution in [0.1, 0.15) is 41.7 Å². The lowest BCUT2D eigenvalue weighted by Gasteiger charge is -2.13. The Bertz CT molecular complexity index is 1200. The predicted molar refractivity (Wildman–Crippen MR) is 136 cm³/mol. The molecule has 0 saturated heterocycles. The minimum Gasteiger partial charge on any atom is -0.494 e. The highest BCUT2D eigenvalue weighted by Crippen LogP contribution is 2.26. The van der Waals surface area contributed by atoms with Crippen LogP contribution < -0.4 is 14.8 Å². The van der Waals surface area contributed by atoms with Gasteiger partial charge in [0.1, 0.15) is 23.1 Å². The summed E-state index contributed by atoms with van der Waals surface area (Å²) in [4.78, 5) is 12.7. The summed E-state index contributed by atoms with van der Waals surface area (Å²) < 4.78 is 11.3. The zero-order valence-corrected chi connectivity index (χ0v) is 20.1. The van der Waals surface area contributed by atoms with Crippen molar-refractivity contribution in [1.82, 2.24) is 0 Å². The van der Waals surface area contributed by atoms with Gasteiger partial charge in [-0.25, -0.2) is 0 Å². The van der Waals surface area contributed by atoms with Crippen LogP contribution in [0, 0.1) is 25.2 Å². The Balaban J connectivity index is 1.81. The fraction of sp³-hybridized carbons (Fsp3) is 0.241. The molecule has 0 spiro atoms. The van der Waals surface area contributed by atoms with E-state index in [2.05, 4.69) is 37.4 Å². The van der Waals surface area contributed by atoms with Gasteiger partial charge in [0.05, 0.1) is 13.2 Å². The minimum atomic E-state index is -0.469. The molecule has 0 bridgehead atoms. The van der Waals surface area contributed by atoms with E-state index in [1.807, 2.05) is 38.1 Å². The first-order valence-corrected chi connectivity index (χ1v) is 11.4. The quantitative estimate of drug-likeness (QED) is 0.307. The van der Waals surface area contributed by atoms with Crippen LogP contribution in [-0.2, 0) is 11.2 Å². The van der Waals surface area contributed by atoms with Crippen molar-refractivity contribution in [3.63, 3.8) is 0 Å². The molecule has 0 aromatic heterocycles. The summed E-state index contributed by atoms with van der Waals surface area (Å²) in [5.41, 5.74) is 6.06. The summed E-state index contributed by atoms with van der Waals surface area (Å²) in [7, 11) is 0. The molecule has 0 aliphatic rings. The van der Waals surface area contributed by atoms with Gasteiger partial charge in [-0.2, -0.15) is 5.26 Å². The molecule has 0 heterocycles. The molecule has 174 valence electrons. The molecule has 5 nitrogen and oxygen atoms in total. The van der Waals surface area contributed by atoms with Gasteiger partial charge >= 0.3 is 0 Å². The Morgan fingerprint density at radius 2 is 1.62 bits per heavy atom. The van der Waals surface area contributed by atoms with E-state index >= 15 is 0 Å². The van der Waals surface area contributed by atoms with Crippen molar-refractivity contribution in [2.75, 3.05) is 18.5 Å². The summed E-state index contributed by atoms with van der Waals surface area (Å²) in [5, 5.41) is 12.4. The van der Waals surface area contributed by atoms with E-state index in [0.717, 1.165) is 29.0 Å². The largest absolute Gasteiger partial charge is 0.494 e. The van der Waals surface area contributed by atoms with Crippen LogP contribution >= 0.6 is 0 Å². The molecule has 1 N–H and O–H groups in total. The highest BCUT2D eigenvalue weighted by molar-refractivity contribution is 6.09. The lowest BCUT2D eigenvalue weighted by molar-refractivity contribution is -0.112. The zero-order valence-electron chi connectivity index (χ0n) is 20.1. The van der Waals surface area contributed by atoms with Crippen molar-refractivity contribution in [3.05, 3.63) is 94.1 Å². The predicted octanol–water partition coefficient (Wildman–Crippen LogP) is 6.24. The van der Waals surface area contributed by atoms with E-state index in [-0.39, 0.29) is 5.57 Å². The average molecular weight is 455 g/mol. The van der Waals surface area contributed by atoms with Crippen LogP contribution in [0.5, 0.6) is 11.5 Å². The summed E-state index contributed by atoms with van der Waals surface area (Å²) in [6, 6.07) is 21.3. The zero-order chi connectivity index (χ0) is 24.5. The Kier molecular flexibility index (Phi) is 8.48. The standard InChI is InChI=1S/C29H30N2O3/c1-5-33-27-11-9-26(10-12-27)31-29(32)25(19-30)16-22-7-8-24(28(18-22)34-6-2)17-23-14-20(3)13-21(4)15-23/h7-16,18H,5-6,17H2,1-4H3,(H,31,32)/b25-16+. The van der Waals surface area contributed by atoms with Crippen LogP contribution in [0.4, 0.5) is 5.69 Å². The van der Waals surface area contributed by atoms with Crippen LogP contribution in [0.25, 0.3) is 6.08 Å². The van der Waals surface area contributed by atoms with Crippen LogP contribution in [0.3, 0.4) is 0 Å². The number of nitriles is 1. The molecule has 3 aromatic carbocycles. The van der Waals surface area contributed by atoms with Gasteiger partial charge in [-0.1, -0.05) is 41.5 Å². The second-order valence-electron chi connectivity index (χ2n) is 8.05. The number of carbonyl (C=O) groups is 1. The molecule has 0 aliphatic heterocycles. The van der Waals surface area contributed by atoms with Gasteiger partial charge in [-0.05, 0) is 80.8 Å². The molecule has 3 rings (SSSR count). The number of hydrogen-bond donors (Lipinski definition) is 1. The van der Waals surface area contributed by atoms with E-state index in [4.69, 9.17) is 9.47 Å². The smallest absolute Gasteiger partial charge is 0.266 e. The number of carbonyl (C=O) groups excluding carboxylic acids is 1. The lowest BCUT2D eigenvalue weighted by Crippen LogP contribution is -2.13. The molecule has 3 aromatic rings. The van der Waals surface area contributed by atoms with E-state index in [1.54, 1.807) is 30.3 Å². The Morgan fingerprint density at radius 3 is 2.24 bits per heavy atom. The normalized spacial score (nSPS) is 11.0. The minimum absolute atomic E-state index is 0.0124. The molecule has 1 amide bonds. The molecule has 5 heteroatoms. The molecule has 0 fully saturated rings.